The predicted molar refractivity (Wildman–Crippen MR) is 106 cm³/mol. The Morgan fingerprint density at radius 2 is 1.39 bits per heavy atom. The SMILES string of the molecule is C[C@H](O)[C@H](C)CCCC(=O)CCCCCCC(=O)CCN(O)C(=O)[C@@H](N)CO. The van der Waals surface area contributed by atoms with Crippen LogP contribution in [0.3, 0.4) is 0 Å². The van der Waals surface area contributed by atoms with Gasteiger partial charge in [-0.25, -0.2) is 5.06 Å². The van der Waals surface area contributed by atoms with Gasteiger partial charge in [0.15, 0.2) is 0 Å². The highest BCUT2D eigenvalue weighted by Gasteiger charge is 2.19. The van der Waals surface area contributed by atoms with Crippen molar-refractivity contribution in [2.45, 2.75) is 90.2 Å². The number of carbonyl (C=O) groups excluding carboxylic acids is 3. The van der Waals surface area contributed by atoms with Crippen molar-refractivity contribution in [1.82, 2.24) is 5.06 Å². The normalized spacial score (nSPS) is 14.4. The highest BCUT2D eigenvalue weighted by Crippen LogP contribution is 2.14. The molecule has 8 nitrogen and oxygen atoms in total. The van der Waals surface area contributed by atoms with Crippen molar-refractivity contribution in [1.29, 1.82) is 0 Å². The average molecular weight is 403 g/mol. The highest BCUT2D eigenvalue weighted by atomic mass is 16.5. The van der Waals surface area contributed by atoms with Gasteiger partial charge in [-0.3, -0.25) is 19.6 Å². The summed E-state index contributed by atoms with van der Waals surface area (Å²) in [5.74, 6) is -0.386. The number of nitrogens with two attached hydrogens (primary N) is 1. The van der Waals surface area contributed by atoms with E-state index < -0.39 is 18.6 Å². The monoisotopic (exact) mass is 402 g/mol. The maximum absolute atomic E-state index is 11.8. The molecule has 0 aromatic rings. The summed E-state index contributed by atoms with van der Waals surface area (Å²) in [6, 6.07) is -1.18. The van der Waals surface area contributed by atoms with Crippen molar-refractivity contribution in [3.05, 3.63) is 0 Å². The lowest BCUT2D eigenvalue weighted by molar-refractivity contribution is -0.168. The van der Waals surface area contributed by atoms with Crippen molar-refractivity contribution >= 4 is 17.5 Å². The molecule has 0 heterocycles. The minimum Gasteiger partial charge on any atom is -0.394 e. The first-order valence-corrected chi connectivity index (χ1v) is 10.3. The number of unbranched alkanes of at least 4 members (excludes halogenated alkanes) is 3. The van der Waals surface area contributed by atoms with Crippen LogP contribution in [0.25, 0.3) is 0 Å². The zero-order chi connectivity index (χ0) is 21.5. The third-order valence-electron chi connectivity index (χ3n) is 4.97. The van der Waals surface area contributed by atoms with Crippen LogP contribution in [0, 0.1) is 5.92 Å². The fourth-order valence-electron chi connectivity index (χ4n) is 2.72. The van der Waals surface area contributed by atoms with Gasteiger partial charge in [0.1, 0.15) is 17.6 Å². The van der Waals surface area contributed by atoms with Gasteiger partial charge in [0.05, 0.1) is 19.3 Å². The summed E-state index contributed by atoms with van der Waals surface area (Å²) < 4.78 is 0. The van der Waals surface area contributed by atoms with Crippen LogP contribution in [0.1, 0.15) is 78.1 Å². The summed E-state index contributed by atoms with van der Waals surface area (Å²) in [7, 11) is 0. The highest BCUT2D eigenvalue weighted by molar-refractivity contribution is 5.82. The van der Waals surface area contributed by atoms with E-state index in [1.54, 1.807) is 6.92 Å². The Morgan fingerprint density at radius 3 is 1.89 bits per heavy atom. The van der Waals surface area contributed by atoms with E-state index in [1.165, 1.54) is 0 Å². The van der Waals surface area contributed by atoms with Gasteiger partial charge in [-0.15, -0.1) is 0 Å². The number of hydrogen-bond acceptors (Lipinski definition) is 7. The minimum absolute atomic E-state index is 0.0454. The molecule has 0 aliphatic carbocycles. The molecule has 28 heavy (non-hydrogen) atoms. The second-order valence-electron chi connectivity index (χ2n) is 7.60. The molecule has 1 amide bonds. The van der Waals surface area contributed by atoms with Crippen molar-refractivity contribution in [3.8, 4) is 0 Å². The van der Waals surface area contributed by atoms with Gasteiger partial charge in [0, 0.05) is 25.7 Å². The van der Waals surface area contributed by atoms with E-state index in [4.69, 9.17) is 10.8 Å². The van der Waals surface area contributed by atoms with Crippen LogP contribution in [0.4, 0.5) is 0 Å². The third kappa shape index (κ3) is 12.9. The van der Waals surface area contributed by atoms with Gasteiger partial charge in [-0.2, -0.15) is 0 Å². The largest absolute Gasteiger partial charge is 0.394 e. The first kappa shape index (κ1) is 26.6. The van der Waals surface area contributed by atoms with Gasteiger partial charge in [0.2, 0.25) is 0 Å². The summed E-state index contributed by atoms with van der Waals surface area (Å²) >= 11 is 0. The summed E-state index contributed by atoms with van der Waals surface area (Å²) in [5, 5.41) is 28.0. The van der Waals surface area contributed by atoms with Crippen LogP contribution in [0.2, 0.25) is 0 Å². The third-order valence-corrected chi connectivity index (χ3v) is 4.97. The van der Waals surface area contributed by atoms with Crippen LogP contribution in [0.5, 0.6) is 0 Å². The van der Waals surface area contributed by atoms with Gasteiger partial charge < -0.3 is 15.9 Å². The Hall–Kier alpha value is -1.35. The summed E-state index contributed by atoms with van der Waals surface area (Å²) in [6.45, 7) is 3.06. The zero-order valence-corrected chi connectivity index (χ0v) is 17.3. The van der Waals surface area contributed by atoms with Gasteiger partial charge in [-0.05, 0) is 38.5 Å². The maximum Gasteiger partial charge on any atom is 0.265 e. The number of nitrogens with zero attached hydrogens (tertiary/aromatic N) is 1. The molecule has 0 bridgehead atoms. The van der Waals surface area contributed by atoms with Gasteiger partial charge in [-0.1, -0.05) is 19.8 Å². The van der Waals surface area contributed by atoms with E-state index in [2.05, 4.69) is 0 Å². The van der Waals surface area contributed by atoms with Crippen LogP contribution >= 0.6 is 0 Å². The Bertz CT molecular complexity index is 470. The molecule has 5 N–H and O–H groups in total. The topological polar surface area (TPSA) is 141 Å². The maximum atomic E-state index is 11.8. The van der Waals surface area contributed by atoms with Crippen LogP contribution in [-0.2, 0) is 14.4 Å². The molecule has 0 fully saturated rings. The molecular weight excluding hydrogens is 364 g/mol. The summed E-state index contributed by atoms with van der Waals surface area (Å²) in [4.78, 5) is 35.0. The second kappa shape index (κ2) is 15.6. The number of aliphatic hydroxyl groups excluding tert-OH is 2. The molecular formula is C20H38N2O6. The van der Waals surface area contributed by atoms with E-state index in [1.807, 2.05) is 6.92 Å². The summed E-state index contributed by atoms with van der Waals surface area (Å²) in [5.41, 5.74) is 5.30. The molecule has 8 heteroatoms. The molecule has 3 atom stereocenters. The molecule has 0 aromatic carbocycles. The fraction of sp³-hybridized carbons (Fsp3) is 0.850. The smallest absolute Gasteiger partial charge is 0.265 e. The zero-order valence-electron chi connectivity index (χ0n) is 17.3. The Labute approximate surface area is 168 Å². The number of hydroxylamine groups is 2. The Morgan fingerprint density at radius 1 is 0.893 bits per heavy atom. The Kier molecular flexibility index (Phi) is 14.8. The average Bonchev–Trinajstić information content (AvgIpc) is 2.67. The number of amides is 1. The molecule has 0 spiro atoms. The van der Waals surface area contributed by atoms with E-state index in [-0.39, 0.29) is 36.6 Å². The molecule has 0 aliphatic rings. The standard InChI is InChI=1S/C20H38N2O6/c1-15(16(2)24)8-7-11-17(25)9-5-3-4-6-10-18(26)12-13-22(28)20(27)19(21)14-23/h15-16,19,23-24,28H,3-14,21H2,1-2H3/t15-,16+,19+/m1/s1. The van der Waals surface area contributed by atoms with Crippen molar-refractivity contribution in [3.63, 3.8) is 0 Å². The number of carbonyl (C=O) groups is 3. The van der Waals surface area contributed by atoms with Crippen molar-refractivity contribution in [2.24, 2.45) is 11.7 Å². The molecule has 0 rings (SSSR count). The molecule has 0 aliphatic heterocycles. The lowest BCUT2D eigenvalue weighted by atomic mass is 9.97. The molecule has 0 unspecified atom stereocenters. The van der Waals surface area contributed by atoms with Gasteiger partial charge >= 0.3 is 0 Å². The first-order chi connectivity index (χ1) is 13.2. The first-order valence-electron chi connectivity index (χ1n) is 10.3. The van der Waals surface area contributed by atoms with Crippen LogP contribution < -0.4 is 5.73 Å². The van der Waals surface area contributed by atoms with Crippen LogP contribution in [-0.4, -0.2) is 63.3 Å². The van der Waals surface area contributed by atoms with Crippen molar-refractivity contribution < 1.29 is 29.8 Å². The minimum atomic E-state index is -1.18. The predicted octanol–water partition coefficient (Wildman–Crippen LogP) is 1.58. The van der Waals surface area contributed by atoms with E-state index in [9.17, 15) is 24.7 Å². The van der Waals surface area contributed by atoms with E-state index >= 15 is 0 Å². The van der Waals surface area contributed by atoms with Gasteiger partial charge in [0.25, 0.3) is 5.91 Å². The number of hydrogen-bond donors (Lipinski definition) is 4. The van der Waals surface area contributed by atoms with Crippen molar-refractivity contribution in [2.75, 3.05) is 13.2 Å². The molecule has 0 saturated carbocycles. The number of rotatable bonds is 17. The lowest BCUT2D eigenvalue weighted by Crippen LogP contribution is -2.44. The molecule has 164 valence electrons. The second-order valence-corrected chi connectivity index (χ2v) is 7.60. The fourth-order valence-corrected chi connectivity index (χ4v) is 2.72. The summed E-state index contributed by atoms with van der Waals surface area (Å²) in [6.07, 6.45) is 6.15. The lowest BCUT2D eigenvalue weighted by Gasteiger charge is -2.17. The Balaban J connectivity index is 3.65. The number of aliphatic hydroxyl groups is 2. The van der Waals surface area contributed by atoms with E-state index in [0.29, 0.717) is 30.7 Å². The van der Waals surface area contributed by atoms with E-state index in [0.717, 1.165) is 32.1 Å². The number of Topliss-reactive ketones (excluding diaryl/α,β-unsaturated/α-hetero) is 2. The molecule has 0 saturated heterocycles. The molecule has 0 aromatic heterocycles. The molecule has 0 radical (unpaired) electrons. The van der Waals surface area contributed by atoms with Crippen LogP contribution in [0.15, 0.2) is 0 Å². The quantitative estimate of drug-likeness (QED) is 0.164. The number of ketones is 2.